The molecule has 0 aliphatic heterocycles. The number of nitrogens with zero attached hydrogens (tertiary/aromatic N) is 2. The molecule has 0 spiro atoms. The lowest BCUT2D eigenvalue weighted by Crippen LogP contribution is -2.20. The van der Waals surface area contributed by atoms with Crippen molar-refractivity contribution in [2.75, 3.05) is 0 Å². The molecule has 3 rings (SSSR count). The summed E-state index contributed by atoms with van der Waals surface area (Å²) in [6, 6.07) is 0.739. The van der Waals surface area contributed by atoms with Gasteiger partial charge in [0.1, 0.15) is 5.56 Å². The third-order valence-electron chi connectivity index (χ3n) is 4.12. The predicted octanol–water partition coefficient (Wildman–Crippen LogP) is 3.88. The summed E-state index contributed by atoms with van der Waals surface area (Å²) >= 11 is 0. The lowest BCUT2D eigenvalue weighted by Gasteiger charge is -2.07. The van der Waals surface area contributed by atoms with Gasteiger partial charge in [-0.2, -0.15) is 18.2 Å². The molecule has 124 valence electrons. The third-order valence-corrected chi connectivity index (χ3v) is 4.12. The molecule has 1 N–H and O–H groups in total. The lowest BCUT2D eigenvalue weighted by atomic mass is 10.00. The topological polar surface area (TPSA) is 71.8 Å². The van der Waals surface area contributed by atoms with E-state index in [0.29, 0.717) is 5.82 Å². The fraction of sp³-hybridized carbons (Fsp3) is 0.533. The van der Waals surface area contributed by atoms with E-state index in [1.54, 1.807) is 0 Å². The zero-order chi connectivity index (χ0) is 16.4. The predicted molar refractivity (Wildman–Crippen MR) is 75.8 cm³/mol. The molecule has 1 aliphatic carbocycles. The number of hydrogen-bond donors (Lipinski definition) is 1. The molecular weight excluding hydrogens is 311 g/mol. The number of alkyl halides is 3. The minimum absolute atomic E-state index is 0.00834. The number of aromatic nitrogens is 3. The van der Waals surface area contributed by atoms with Crippen LogP contribution in [0.25, 0.3) is 11.5 Å². The second-order valence-electron chi connectivity index (χ2n) is 5.78. The van der Waals surface area contributed by atoms with Crippen molar-refractivity contribution in [3.63, 3.8) is 0 Å². The van der Waals surface area contributed by atoms with E-state index in [1.165, 1.54) is 12.8 Å². The minimum Gasteiger partial charge on any atom is -0.334 e. The van der Waals surface area contributed by atoms with Gasteiger partial charge in [0.05, 0.1) is 5.56 Å². The van der Waals surface area contributed by atoms with E-state index >= 15 is 0 Å². The monoisotopic (exact) mass is 327 g/mol. The fourth-order valence-electron chi connectivity index (χ4n) is 2.87. The molecule has 0 radical (unpaired) electrons. The quantitative estimate of drug-likeness (QED) is 0.850. The summed E-state index contributed by atoms with van der Waals surface area (Å²) in [4.78, 5) is 17.6. The zero-order valence-electron chi connectivity index (χ0n) is 12.3. The van der Waals surface area contributed by atoms with Gasteiger partial charge in [-0.15, -0.1) is 0 Å². The first-order valence-corrected chi connectivity index (χ1v) is 7.59. The Bertz CT molecular complexity index is 728. The van der Waals surface area contributed by atoms with Crippen LogP contribution >= 0.6 is 0 Å². The number of aromatic amines is 1. The number of H-pyrrole nitrogens is 1. The maximum atomic E-state index is 12.8. The van der Waals surface area contributed by atoms with Gasteiger partial charge in [-0.3, -0.25) is 4.79 Å². The fourth-order valence-corrected chi connectivity index (χ4v) is 2.87. The number of hydrogen-bond acceptors (Lipinski definition) is 4. The molecule has 23 heavy (non-hydrogen) atoms. The lowest BCUT2D eigenvalue weighted by molar-refractivity contribution is -0.138. The average Bonchev–Trinajstić information content (AvgIpc) is 2.82. The van der Waals surface area contributed by atoms with Crippen molar-refractivity contribution >= 4 is 0 Å². The highest BCUT2D eigenvalue weighted by atomic mass is 19.4. The summed E-state index contributed by atoms with van der Waals surface area (Å²) in [5.74, 6) is 0.701. The standard InChI is InChI=1S/C15H16F3N3O2/c16-15(17,18)11-7-10(8-19-13(11)22)14-20-12(21-23-14)9-5-3-1-2-4-6-9/h7-9H,1-6H2,(H,19,22). The molecule has 2 aromatic rings. The molecule has 0 bridgehead atoms. The van der Waals surface area contributed by atoms with Gasteiger partial charge < -0.3 is 9.51 Å². The van der Waals surface area contributed by atoms with Crippen molar-refractivity contribution in [3.05, 3.63) is 34.0 Å². The molecule has 0 aromatic carbocycles. The smallest absolute Gasteiger partial charge is 0.334 e. The maximum absolute atomic E-state index is 12.8. The van der Waals surface area contributed by atoms with E-state index in [0.717, 1.165) is 37.9 Å². The number of pyridine rings is 1. The average molecular weight is 327 g/mol. The molecular formula is C15H16F3N3O2. The molecule has 2 heterocycles. The summed E-state index contributed by atoms with van der Waals surface area (Å²) in [7, 11) is 0. The molecule has 2 aromatic heterocycles. The SMILES string of the molecule is O=c1[nH]cc(-c2nc(C3CCCCCC3)no2)cc1C(F)(F)F. The Balaban J connectivity index is 1.90. The van der Waals surface area contributed by atoms with Gasteiger partial charge in [-0.25, -0.2) is 0 Å². The second-order valence-corrected chi connectivity index (χ2v) is 5.78. The third kappa shape index (κ3) is 3.46. The zero-order valence-corrected chi connectivity index (χ0v) is 12.3. The van der Waals surface area contributed by atoms with Crippen molar-refractivity contribution in [2.45, 2.75) is 50.6 Å². The molecule has 8 heteroatoms. The Hall–Kier alpha value is -2.12. The van der Waals surface area contributed by atoms with Crippen molar-refractivity contribution in [2.24, 2.45) is 0 Å². The highest BCUT2D eigenvalue weighted by molar-refractivity contribution is 5.52. The largest absolute Gasteiger partial charge is 0.421 e. The normalized spacial score (nSPS) is 17.2. The van der Waals surface area contributed by atoms with Crippen LogP contribution in [-0.4, -0.2) is 15.1 Å². The van der Waals surface area contributed by atoms with Crippen LogP contribution in [0.15, 0.2) is 21.6 Å². The van der Waals surface area contributed by atoms with Crippen molar-refractivity contribution in [1.82, 2.24) is 15.1 Å². The highest BCUT2D eigenvalue weighted by Gasteiger charge is 2.34. The summed E-state index contributed by atoms with van der Waals surface area (Å²) in [6.07, 6.45) is 2.87. The Kier molecular flexibility index (Phi) is 4.23. The first-order chi connectivity index (χ1) is 10.9. The van der Waals surface area contributed by atoms with Gasteiger partial charge in [-0.05, 0) is 18.9 Å². The summed E-state index contributed by atoms with van der Waals surface area (Å²) < 4.78 is 43.5. The van der Waals surface area contributed by atoms with E-state index in [9.17, 15) is 18.0 Å². The van der Waals surface area contributed by atoms with Crippen molar-refractivity contribution in [3.8, 4) is 11.5 Å². The maximum Gasteiger partial charge on any atom is 0.421 e. The highest BCUT2D eigenvalue weighted by Crippen LogP contribution is 2.32. The van der Waals surface area contributed by atoms with Crippen LogP contribution in [0, 0.1) is 0 Å². The molecule has 5 nitrogen and oxygen atoms in total. The van der Waals surface area contributed by atoms with Crippen LogP contribution in [0.1, 0.15) is 55.8 Å². The van der Waals surface area contributed by atoms with E-state index in [-0.39, 0.29) is 17.4 Å². The van der Waals surface area contributed by atoms with Gasteiger partial charge >= 0.3 is 6.18 Å². The van der Waals surface area contributed by atoms with Crippen molar-refractivity contribution in [1.29, 1.82) is 0 Å². The molecule has 1 saturated carbocycles. The van der Waals surface area contributed by atoms with Gasteiger partial charge in [0, 0.05) is 12.1 Å². The molecule has 1 fully saturated rings. The number of rotatable bonds is 2. The van der Waals surface area contributed by atoms with Gasteiger partial charge in [0.15, 0.2) is 5.82 Å². The minimum atomic E-state index is -4.73. The van der Waals surface area contributed by atoms with Gasteiger partial charge in [-0.1, -0.05) is 30.8 Å². The number of halogens is 3. The Morgan fingerprint density at radius 3 is 2.52 bits per heavy atom. The van der Waals surface area contributed by atoms with E-state index in [1.807, 2.05) is 0 Å². The molecule has 0 saturated heterocycles. The van der Waals surface area contributed by atoms with E-state index < -0.39 is 17.3 Å². The van der Waals surface area contributed by atoms with E-state index in [4.69, 9.17) is 4.52 Å². The van der Waals surface area contributed by atoms with Crippen LogP contribution < -0.4 is 5.56 Å². The molecule has 1 aliphatic rings. The first kappa shape index (κ1) is 15.8. The summed E-state index contributed by atoms with van der Waals surface area (Å²) in [5.41, 5.74) is -2.40. The van der Waals surface area contributed by atoms with Gasteiger partial charge in [0.25, 0.3) is 11.4 Å². The summed E-state index contributed by atoms with van der Waals surface area (Å²) in [5, 5.41) is 3.91. The molecule has 0 amide bonds. The number of nitrogens with one attached hydrogen (secondary N) is 1. The van der Waals surface area contributed by atoms with Crippen LogP contribution in [0.5, 0.6) is 0 Å². The van der Waals surface area contributed by atoms with E-state index in [2.05, 4.69) is 15.1 Å². The Morgan fingerprint density at radius 1 is 1.17 bits per heavy atom. The Morgan fingerprint density at radius 2 is 1.87 bits per heavy atom. The van der Waals surface area contributed by atoms with Crippen LogP contribution in [0.2, 0.25) is 0 Å². The Labute approximate surface area is 129 Å². The molecule has 0 unspecified atom stereocenters. The van der Waals surface area contributed by atoms with Crippen LogP contribution in [0.4, 0.5) is 13.2 Å². The second kappa shape index (κ2) is 6.17. The molecule has 0 atom stereocenters. The van der Waals surface area contributed by atoms with Gasteiger partial charge in [0.2, 0.25) is 0 Å². The van der Waals surface area contributed by atoms with Crippen LogP contribution in [0.3, 0.4) is 0 Å². The summed E-state index contributed by atoms with van der Waals surface area (Å²) in [6.45, 7) is 0. The van der Waals surface area contributed by atoms with Crippen molar-refractivity contribution < 1.29 is 17.7 Å². The van der Waals surface area contributed by atoms with Crippen LogP contribution in [-0.2, 0) is 6.18 Å². The first-order valence-electron chi connectivity index (χ1n) is 7.59.